The molecule has 1 saturated heterocycles. The van der Waals surface area contributed by atoms with Crippen LogP contribution in [-0.2, 0) is 6.54 Å². The van der Waals surface area contributed by atoms with Gasteiger partial charge < -0.3 is 10.0 Å². The van der Waals surface area contributed by atoms with Crippen molar-refractivity contribution in [1.29, 1.82) is 0 Å². The van der Waals surface area contributed by atoms with E-state index >= 15 is 0 Å². The van der Waals surface area contributed by atoms with Crippen LogP contribution < -0.4 is 4.90 Å². The molecule has 0 bridgehead atoms. The Kier molecular flexibility index (Phi) is 4.19. The molecular weight excluding hydrogens is 319 g/mol. The maximum atomic E-state index is 13.9. The Hall–Kier alpha value is -2.73. The fraction of sp³-hybridized carbons (Fsp3) is 0.263. The molecule has 6 heteroatoms. The first-order chi connectivity index (χ1) is 12.2. The van der Waals surface area contributed by atoms with Gasteiger partial charge in [-0.25, -0.2) is 14.4 Å². The normalized spacial score (nSPS) is 15.6. The number of rotatable bonds is 3. The van der Waals surface area contributed by atoms with Crippen molar-refractivity contribution in [3.8, 4) is 5.75 Å². The predicted molar refractivity (Wildman–Crippen MR) is 95.1 cm³/mol. The van der Waals surface area contributed by atoms with E-state index in [-0.39, 0.29) is 5.82 Å². The monoisotopic (exact) mass is 338 g/mol. The zero-order valence-corrected chi connectivity index (χ0v) is 13.8. The summed E-state index contributed by atoms with van der Waals surface area (Å²) >= 11 is 0. The lowest BCUT2D eigenvalue weighted by molar-refractivity contribution is 0.249. The van der Waals surface area contributed by atoms with E-state index in [1.54, 1.807) is 18.2 Å². The average molecular weight is 338 g/mol. The first-order valence-electron chi connectivity index (χ1n) is 8.35. The van der Waals surface area contributed by atoms with E-state index in [0.29, 0.717) is 11.3 Å². The summed E-state index contributed by atoms with van der Waals surface area (Å²) in [5.74, 6) is 0.774. The number of hydrogen-bond acceptors (Lipinski definition) is 5. The van der Waals surface area contributed by atoms with Gasteiger partial charge in [-0.2, -0.15) is 0 Å². The van der Waals surface area contributed by atoms with Crippen LogP contribution in [0.2, 0.25) is 0 Å². The van der Waals surface area contributed by atoms with Crippen LogP contribution in [0, 0.1) is 5.82 Å². The number of aromatic nitrogens is 2. The van der Waals surface area contributed by atoms with Crippen molar-refractivity contribution in [1.82, 2.24) is 14.9 Å². The molecule has 0 spiro atoms. The van der Waals surface area contributed by atoms with Gasteiger partial charge in [0.25, 0.3) is 0 Å². The largest absolute Gasteiger partial charge is 0.508 e. The third kappa shape index (κ3) is 3.25. The number of nitrogens with zero attached hydrogens (tertiary/aromatic N) is 4. The quantitative estimate of drug-likeness (QED) is 0.796. The molecule has 4 rings (SSSR count). The number of phenols is 1. The number of piperazine rings is 1. The number of anilines is 1. The van der Waals surface area contributed by atoms with E-state index in [2.05, 4.69) is 19.8 Å². The SMILES string of the molecule is Oc1cccc(CN2CCN(c3ncnc4c(F)cccc34)CC2)c1. The number of hydrogen-bond donors (Lipinski definition) is 1. The van der Waals surface area contributed by atoms with Gasteiger partial charge in [-0.3, -0.25) is 4.90 Å². The Morgan fingerprint density at radius 1 is 1.00 bits per heavy atom. The first-order valence-corrected chi connectivity index (χ1v) is 8.35. The zero-order chi connectivity index (χ0) is 17.2. The maximum absolute atomic E-state index is 13.9. The molecule has 1 N–H and O–H groups in total. The van der Waals surface area contributed by atoms with Crippen molar-refractivity contribution in [3.05, 3.63) is 60.2 Å². The van der Waals surface area contributed by atoms with Crippen LogP contribution >= 0.6 is 0 Å². The van der Waals surface area contributed by atoms with Crippen molar-refractivity contribution in [2.75, 3.05) is 31.1 Å². The Labute approximate surface area is 145 Å². The summed E-state index contributed by atoms with van der Waals surface area (Å²) in [6, 6.07) is 12.4. The van der Waals surface area contributed by atoms with Gasteiger partial charge in [-0.1, -0.05) is 18.2 Å². The molecule has 2 aromatic carbocycles. The van der Waals surface area contributed by atoms with Crippen LogP contribution in [0.4, 0.5) is 10.2 Å². The minimum absolute atomic E-state index is 0.297. The third-order valence-corrected chi connectivity index (χ3v) is 4.58. The summed E-state index contributed by atoms with van der Waals surface area (Å²) in [6.45, 7) is 4.22. The molecule has 1 aromatic heterocycles. The highest BCUT2D eigenvalue weighted by Gasteiger charge is 2.20. The molecule has 5 nitrogen and oxygen atoms in total. The molecule has 0 atom stereocenters. The second kappa shape index (κ2) is 6.64. The smallest absolute Gasteiger partial charge is 0.149 e. The van der Waals surface area contributed by atoms with Crippen LogP contribution in [0.25, 0.3) is 10.9 Å². The Morgan fingerprint density at radius 2 is 1.80 bits per heavy atom. The van der Waals surface area contributed by atoms with Crippen LogP contribution in [0.3, 0.4) is 0 Å². The Morgan fingerprint density at radius 3 is 2.60 bits per heavy atom. The van der Waals surface area contributed by atoms with E-state index in [4.69, 9.17) is 0 Å². The predicted octanol–water partition coefficient (Wildman–Crippen LogP) is 2.80. The van der Waals surface area contributed by atoms with E-state index in [0.717, 1.165) is 49.5 Å². The van der Waals surface area contributed by atoms with Gasteiger partial charge >= 0.3 is 0 Å². The zero-order valence-electron chi connectivity index (χ0n) is 13.8. The lowest BCUT2D eigenvalue weighted by Crippen LogP contribution is -2.46. The van der Waals surface area contributed by atoms with Crippen molar-refractivity contribution in [2.24, 2.45) is 0 Å². The highest BCUT2D eigenvalue weighted by atomic mass is 19.1. The minimum Gasteiger partial charge on any atom is -0.508 e. The summed E-state index contributed by atoms with van der Waals surface area (Å²) in [4.78, 5) is 13.0. The maximum Gasteiger partial charge on any atom is 0.149 e. The van der Waals surface area contributed by atoms with E-state index < -0.39 is 0 Å². The number of halogens is 1. The molecule has 0 aliphatic carbocycles. The van der Waals surface area contributed by atoms with Gasteiger partial charge in [0.2, 0.25) is 0 Å². The van der Waals surface area contributed by atoms with Gasteiger partial charge in [-0.15, -0.1) is 0 Å². The number of aromatic hydroxyl groups is 1. The molecule has 0 amide bonds. The third-order valence-electron chi connectivity index (χ3n) is 4.58. The van der Waals surface area contributed by atoms with Crippen molar-refractivity contribution >= 4 is 16.7 Å². The summed E-state index contributed by atoms with van der Waals surface area (Å²) in [5.41, 5.74) is 1.47. The van der Waals surface area contributed by atoms with Gasteiger partial charge in [0, 0.05) is 38.1 Å². The topological polar surface area (TPSA) is 52.5 Å². The lowest BCUT2D eigenvalue weighted by atomic mass is 10.1. The molecule has 0 unspecified atom stereocenters. The minimum atomic E-state index is -0.316. The fourth-order valence-corrected chi connectivity index (χ4v) is 3.32. The van der Waals surface area contributed by atoms with E-state index in [1.165, 1.54) is 12.4 Å². The van der Waals surface area contributed by atoms with Gasteiger partial charge in [-0.05, 0) is 29.8 Å². The molecule has 128 valence electrons. The molecule has 0 radical (unpaired) electrons. The highest BCUT2D eigenvalue weighted by molar-refractivity contribution is 5.89. The summed E-state index contributed by atoms with van der Waals surface area (Å²) in [7, 11) is 0. The standard InChI is InChI=1S/C19H19FN4O/c20-17-6-2-5-16-18(17)21-13-22-19(16)24-9-7-23(8-10-24)12-14-3-1-4-15(25)11-14/h1-6,11,13,25H,7-10,12H2. The summed E-state index contributed by atoms with van der Waals surface area (Å²) in [6.07, 6.45) is 1.43. The molecular formula is C19H19FN4O. The summed E-state index contributed by atoms with van der Waals surface area (Å²) in [5, 5.41) is 10.3. The van der Waals surface area contributed by atoms with Gasteiger partial charge in [0.15, 0.2) is 0 Å². The number of phenolic OH excluding ortho intramolecular Hbond substituents is 1. The summed E-state index contributed by atoms with van der Waals surface area (Å²) < 4.78 is 13.9. The molecule has 2 heterocycles. The lowest BCUT2D eigenvalue weighted by Gasteiger charge is -2.35. The first kappa shape index (κ1) is 15.8. The van der Waals surface area contributed by atoms with Crippen LogP contribution in [0.15, 0.2) is 48.8 Å². The van der Waals surface area contributed by atoms with Crippen LogP contribution in [0.1, 0.15) is 5.56 Å². The number of para-hydroxylation sites is 1. The molecule has 3 aromatic rings. The van der Waals surface area contributed by atoms with E-state index in [9.17, 15) is 9.50 Å². The molecule has 1 aliphatic rings. The van der Waals surface area contributed by atoms with Crippen molar-refractivity contribution in [2.45, 2.75) is 6.54 Å². The Balaban J connectivity index is 1.48. The van der Waals surface area contributed by atoms with E-state index in [1.807, 2.05) is 18.2 Å². The van der Waals surface area contributed by atoms with Crippen molar-refractivity contribution < 1.29 is 9.50 Å². The molecule has 0 saturated carbocycles. The van der Waals surface area contributed by atoms with Gasteiger partial charge in [0.1, 0.15) is 29.2 Å². The van der Waals surface area contributed by atoms with Crippen LogP contribution in [0.5, 0.6) is 5.75 Å². The second-order valence-electron chi connectivity index (χ2n) is 6.27. The number of benzene rings is 2. The Bertz CT molecular complexity index is 893. The highest BCUT2D eigenvalue weighted by Crippen LogP contribution is 2.25. The van der Waals surface area contributed by atoms with Crippen molar-refractivity contribution in [3.63, 3.8) is 0 Å². The van der Waals surface area contributed by atoms with Gasteiger partial charge in [0.05, 0.1) is 0 Å². The fourth-order valence-electron chi connectivity index (χ4n) is 3.32. The second-order valence-corrected chi connectivity index (χ2v) is 6.27. The average Bonchev–Trinajstić information content (AvgIpc) is 2.63. The van der Waals surface area contributed by atoms with Crippen LogP contribution in [-0.4, -0.2) is 46.2 Å². The number of fused-ring (bicyclic) bond motifs is 1. The molecule has 25 heavy (non-hydrogen) atoms. The molecule has 1 aliphatic heterocycles. The molecule has 1 fully saturated rings.